The molecule has 5 heteroatoms. The lowest BCUT2D eigenvalue weighted by molar-refractivity contribution is -0.174. The van der Waals surface area contributed by atoms with Crippen molar-refractivity contribution >= 4 is 23.4 Å². The van der Waals surface area contributed by atoms with Gasteiger partial charge in [-0.05, 0) is 72.6 Å². The van der Waals surface area contributed by atoms with Crippen LogP contribution in [0.3, 0.4) is 0 Å². The van der Waals surface area contributed by atoms with Crippen LogP contribution in [-0.2, 0) is 22.4 Å². The summed E-state index contributed by atoms with van der Waals surface area (Å²) in [7, 11) is 0. The van der Waals surface area contributed by atoms with E-state index in [1.807, 2.05) is 11.1 Å². The molecule has 144 valence electrons. The van der Waals surface area contributed by atoms with Crippen LogP contribution >= 0.6 is 11.6 Å². The van der Waals surface area contributed by atoms with Crippen molar-refractivity contribution in [3.05, 3.63) is 33.8 Å². The molecule has 2 amide bonds. The van der Waals surface area contributed by atoms with Gasteiger partial charge in [-0.15, -0.1) is 0 Å². The first-order chi connectivity index (χ1) is 13.1. The molecule has 2 aliphatic carbocycles. The summed E-state index contributed by atoms with van der Waals surface area (Å²) in [4.78, 5) is 26.1. The molecule has 2 aliphatic heterocycles. The minimum absolute atomic E-state index is 0.0150. The highest BCUT2D eigenvalue weighted by Gasteiger charge is 2.47. The number of carbonyl (C=O) groups is 2. The molecule has 2 heterocycles. The maximum atomic E-state index is 13.0. The molecule has 1 saturated carbocycles. The summed E-state index contributed by atoms with van der Waals surface area (Å²) >= 11 is 6.54. The largest absolute Gasteiger partial charge is 0.273 e. The van der Waals surface area contributed by atoms with Crippen molar-refractivity contribution < 1.29 is 9.59 Å². The van der Waals surface area contributed by atoms with Crippen molar-refractivity contribution in [2.45, 2.75) is 70.1 Å². The number of nitrogens with zero attached hydrogens (tertiary/aromatic N) is 2. The first kappa shape index (κ1) is 17.7. The number of hydrogen-bond donors (Lipinski definition) is 0. The zero-order chi connectivity index (χ0) is 18.6. The highest BCUT2D eigenvalue weighted by atomic mass is 35.5. The van der Waals surface area contributed by atoms with Gasteiger partial charge in [-0.1, -0.05) is 30.5 Å². The molecule has 27 heavy (non-hydrogen) atoms. The van der Waals surface area contributed by atoms with Gasteiger partial charge < -0.3 is 0 Å². The predicted octanol–water partition coefficient (Wildman–Crippen LogP) is 4.24. The summed E-state index contributed by atoms with van der Waals surface area (Å²) in [5, 5.41) is 4.39. The van der Waals surface area contributed by atoms with E-state index in [1.54, 1.807) is 0 Å². The quantitative estimate of drug-likeness (QED) is 0.678. The smallest absolute Gasteiger partial charge is 0.244 e. The fraction of sp³-hybridized carbons (Fsp3) is 0.636. The normalized spacial score (nSPS) is 27.7. The molecule has 1 unspecified atom stereocenters. The average molecular weight is 387 g/mol. The number of imide groups is 1. The molecule has 0 radical (unpaired) electrons. The molecule has 5 rings (SSSR count). The zero-order valence-electron chi connectivity index (χ0n) is 15.8. The lowest BCUT2D eigenvalue weighted by Gasteiger charge is -2.42. The number of rotatable bonds is 1. The summed E-state index contributed by atoms with van der Waals surface area (Å²) in [6.07, 6.45) is 9.65. The molecule has 1 aromatic carbocycles. The second-order valence-electron chi connectivity index (χ2n) is 9.01. The van der Waals surface area contributed by atoms with Gasteiger partial charge in [0.1, 0.15) is 0 Å². The van der Waals surface area contributed by atoms with E-state index >= 15 is 0 Å². The van der Waals surface area contributed by atoms with Gasteiger partial charge in [-0.2, -0.15) is 0 Å². The van der Waals surface area contributed by atoms with E-state index in [-0.39, 0.29) is 17.2 Å². The van der Waals surface area contributed by atoms with Crippen molar-refractivity contribution in [1.29, 1.82) is 0 Å². The highest BCUT2D eigenvalue weighted by Crippen LogP contribution is 2.48. The van der Waals surface area contributed by atoms with Gasteiger partial charge in [-0.3, -0.25) is 9.59 Å². The van der Waals surface area contributed by atoms with E-state index in [9.17, 15) is 9.59 Å². The average Bonchev–Trinajstić information content (AvgIpc) is 2.97. The van der Waals surface area contributed by atoms with Crippen molar-refractivity contribution in [3.8, 4) is 0 Å². The number of benzene rings is 1. The number of carbonyl (C=O) groups excluding carboxylic acids is 2. The maximum Gasteiger partial charge on any atom is 0.244 e. The molecule has 1 saturated heterocycles. The van der Waals surface area contributed by atoms with Gasteiger partial charge in [0.2, 0.25) is 11.8 Å². The topological polar surface area (TPSA) is 40.6 Å². The summed E-state index contributed by atoms with van der Waals surface area (Å²) in [6.45, 7) is 1.45. The molecule has 0 aromatic heterocycles. The molecule has 4 aliphatic rings. The SMILES string of the molecule is O=C1CC2(CCCC2)CC(=O)N1N1CCc2c(Cl)ccc3c2C(CCC3)C1. The Balaban J connectivity index is 1.43. The van der Waals surface area contributed by atoms with E-state index in [0.717, 1.165) is 62.9 Å². The summed E-state index contributed by atoms with van der Waals surface area (Å²) in [6, 6.07) is 4.19. The van der Waals surface area contributed by atoms with Crippen LogP contribution in [0.1, 0.15) is 74.0 Å². The first-order valence-corrected chi connectivity index (χ1v) is 10.8. The maximum absolute atomic E-state index is 13.0. The Morgan fingerprint density at radius 1 is 1.00 bits per heavy atom. The van der Waals surface area contributed by atoms with E-state index in [1.165, 1.54) is 21.7 Å². The third-order valence-corrected chi connectivity index (χ3v) is 7.67. The number of piperidine rings is 1. The molecule has 1 spiro atoms. The number of aryl methyl sites for hydroxylation is 1. The number of halogens is 1. The second-order valence-corrected chi connectivity index (χ2v) is 9.42. The Labute approximate surface area is 165 Å². The van der Waals surface area contributed by atoms with Gasteiger partial charge in [0.25, 0.3) is 0 Å². The molecule has 0 N–H and O–H groups in total. The molecular weight excluding hydrogens is 360 g/mol. The molecule has 1 aromatic rings. The number of amides is 2. The number of hydrazine groups is 1. The Bertz CT molecular complexity index is 780. The fourth-order valence-corrected chi connectivity index (χ4v) is 6.35. The van der Waals surface area contributed by atoms with E-state index in [4.69, 9.17) is 11.6 Å². The third-order valence-electron chi connectivity index (χ3n) is 7.32. The van der Waals surface area contributed by atoms with Crippen molar-refractivity contribution in [2.75, 3.05) is 13.1 Å². The van der Waals surface area contributed by atoms with E-state index in [0.29, 0.717) is 25.3 Å². The lowest BCUT2D eigenvalue weighted by Crippen LogP contribution is -2.56. The predicted molar refractivity (Wildman–Crippen MR) is 104 cm³/mol. The standard InChI is InChI=1S/C22H27ClN2O2/c23-18-7-6-15-4-3-5-16-14-24(11-8-17(18)21(15)16)25-19(26)12-22(13-20(25)27)9-1-2-10-22/h6-7,16H,1-5,8-14H2. The minimum Gasteiger partial charge on any atom is -0.273 e. The minimum atomic E-state index is -0.0409. The van der Waals surface area contributed by atoms with E-state index < -0.39 is 0 Å². The molecule has 1 atom stereocenters. The van der Waals surface area contributed by atoms with Gasteiger partial charge in [-0.25, -0.2) is 10.0 Å². The van der Waals surface area contributed by atoms with Gasteiger partial charge >= 0.3 is 0 Å². The molecule has 2 fully saturated rings. The number of hydrogen-bond acceptors (Lipinski definition) is 3. The summed E-state index contributed by atoms with van der Waals surface area (Å²) in [5.74, 6) is 0.399. The second kappa shape index (κ2) is 6.59. The molecule has 0 bridgehead atoms. The van der Waals surface area contributed by atoms with Crippen LogP contribution in [0.4, 0.5) is 0 Å². The van der Waals surface area contributed by atoms with Gasteiger partial charge in [0, 0.05) is 31.0 Å². The van der Waals surface area contributed by atoms with Gasteiger partial charge in [0.15, 0.2) is 0 Å². The van der Waals surface area contributed by atoms with Crippen LogP contribution in [0.25, 0.3) is 0 Å². The Hall–Kier alpha value is -1.39. The molecular formula is C22H27ClN2O2. The van der Waals surface area contributed by atoms with Crippen molar-refractivity contribution in [2.24, 2.45) is 5.41 Å². The lowest BCUT2D eigenvalue weighted by atomic mass is 9.76. The van der Waals surface area contributed by atoms with Crippen LogP contribution in [0.15, 0.2) is 12.1 Å². The molecule has 4 nitrogen and oxygen atoms in total. The monoisotopic (exact) mass is 386 g/mol. The van der Waals surface area contributed by atoms with Crippen LogP contribution in [0, 0.1) is 5.41 Å². The van der Waals surface area contributed by atoms with Crippen LogP contribution in [-0.4, -0.2) is 34.9 Å². The summed E-state index contributed by atoms with van der Waals surface area (Å²) < 4.78 is 0. The van der Waals surface area contributed by atoms with E-state index in [2.05, 4.69) is 6.07 Å². The zero-order valence-corrected chi connectivity index (χ0v) is 16.6. The fourth-order valence-electron chi connectivity index (χ4n) is 6.09. The van der Waals surface area contributed by atoms with Gasteiger partial charge in [0.05, 0.1) is 0 Å². The van der Waals surface area contributed by atoms with Crippen molar-refractivity contribution in [1.82, 2.24) is 10.0 Å². The van der Waals surface area contributed by atoms with Crippen molar-refractivity contribution in [3.63, 3.8) is 0 Å². The van der Waals surface area contributed by atoms with Crippen LogP contribution in [0.2, 0.25) is 5.02 Å². The van der Waals surface area contributed by atoms with Crippen LogP contribution < -0.4 is 0 Å². The highest BCUT2D eigenvalue weighted by molar-refractivity contribution is 6.31. The summed E-state index contributed by atoms with van der Waals surface area (Å²) in [5.41, 5.74) is 4.01. The first-order valence-electron chi connectivity index (χ1n) is 10.5. The van der Waals surface area contributed by atoms with Crippen LogP contribution in [0.5, 0.6) is 0 Å². The Kier molecular flexibility index (Phi) is 4.32. The Morgan fingerprint density at radius 2 is 1.74 bits per heavy atom. The Morgan fingerprint density at radius 3 is 2.48 bits per heavy atom. The third kappa shape index (κ3) is 2.92.